The monoisotopic (exact) mass is 237 g/mol. The summed E-state index contributed by atoms with van der Waals surface area (Å²) in [6.45, 7) is 0. The quantitative estimate of drug-likeness (QED) is 0.715. The molecule has 0 unspecified atom stereocenters. The number of anilines is 3. The van der Waals surface area contributed by atoms with Crippen molar-refractivity contribution in [3.05, 3.63) is 49.1 Å². The first-order chi connectivity index (χ1) is 8.83. The molecule has 3 rings (SSSR count). The molecular formula is C13H11N5. The number of pyridine rings is 1. The fraction of sp³-hybridized carbons (Fsp3) is 0. The Bertz CT molecular complexity index is 673. The van der Waals surface area contributed by atoms with Crippen LogP contribution in [0.4, 0.5) is 17.3 Å². The Morgan fingerprint density at radius 3 is 2.67 bits per heavy atom. The van der Waals surface area contributed by atoms with Crippen molar-refractivity contribution in [1.82, 2.24) is 15.0 Å². The molecule has 0 radical (unpaired) electrons. The van der Waals surface area contributed by atoms with Crippen LogP contribution in [0.15, 0.2) is 49.1 Å². The summed E-state index contributed by atoms with van der Waals surface area (Å²) in [6.07, 6.45) is 6.72. The van der Waals surface area contributed by atoms with Crippen LogP contribution in [0, 0.1) is 0 Å². The average molecular weight is 237 g/mol. The van der Waals surface area contributed by atoms with Gasteiger partial charge in [0, 0.05) is 17.8 Å². The van der Waals surface area contributed by atoms with E-state index in [4.69, 9.17) is 5.73 Å². The second-order valence-corrected chi connectivity index (χ2v) is 3.87. The first kappa shape index (κ1) is 10.5. The summed E-state index contributed by atoms with van der Waals surface area (Å²) in [5.74, 6) is 0.514. The molecule has 0 fully saturated rings. The van der Waals surface area contributed by atoms with Crippen LogP contribution in [0.3, 0.4) is 0 Å². The smallest absolute Gasteiger partial charge is 0.227 e. The molecule has 5 heteroatoms. The molecule has 0 saturated carbocycles. The Hall–Kier alpha value is -2.69. The summed E-state index contributed by atoms with van der Waals surface area (Å²) in [5.41, 5.74) is 7.01. The van der Waals surface area contributed by atoms with E-state index in [0.717, 1.165) is 16.5 Å². The van der Waals surface area contributed by atoms with Crippen LogP contribution in [-0.2, 0) is 0 Å². The Morgan fingerprint density at radius 1 is 1.00 bits per heavy atom. The van der Waals surface area contributed by atoms with Crippen molar-refractivity contribution in [3.8, 4) is 0 Å². The lowest BCUT2D eigenvalue weighted by Gasteiger charge is -2.07. The number of rotatable bonds is 2. The summed E-state index contributed by atoms with van der Waals surface area (Å²) in [7, 11) is 0. The molecule has 0 aliphatic heterocycles. The van der Waals surface area contributed by atoms with Gasteiger partial charge in [-0.25, -0.2) is 9.97 Å². The van der Waals surface area contributed by atoms with Crippen LogP contribution in [0.2, 0.25) is 0 Å². The molecule has 0 bridgehead atoms. The van der Waals surface area contributed by atoms with Crippen LogP contribution in [0.5, 0.6) is 0 Å². The molecule has 3 aromatic rings. The van der Waals surface area contributed by atoms with Gasteiger partial charge in [-0.2, -0.15) is 0 Å². The van der Waals surface area contributed by atoms with Gasteiger partial charge in [0.1, 0.15) is 0 Å². The van der Waals surface area contributed by atoms with Crippen molar-refractivity contribution >= 4 is 28.1 Å². The Morgan fingerprint density at radius 2 is 1.83 bits per heavy atom. The van der Waals surface area contributed by atoms with Gasteiger partial charge < -0.3 is 11.1 Å². The lowest BCUT2D eigenvalue weighted by molar-refractivity contribution is 1.17. The van der Waals surface area contributed by atoms with Gasteiger partial charge in [0.05, 0.1) is 23.8 Å². The standard InChI is InChI=1S/C13H11N5/c14-10-6-16-13(17-7-10)18-12-3-1-2-9-4-5-15-8-11(9)12/h1-8H,14H2,(H,16,17,18). The topological polar surface area (TPSA) is 76.7 Å². The summed E-state index contributed by atoms with van der Waals surface area (Å²) in [4.78, 5) is 12.4. The summed E-state index contributed by atoms with van der Waals surface area (Å²) < 4.78 is 0. The van der Waals surface area contributed by atoms with E-state index in [0.29, 0.717) is 11.6 Å². The lowest BCUT2D eigenvalue weighted by Crippen LogP contribution is -1.98. The molecule has 5 nitrogen and oxygen atoms in total. The third-order valence-corrected chi connectivity index (χ3v) is 2.60. The maximum atomic E-state index is 5.55. The van der Waals surface area contributed by atoms with Gasteiger partial charge in [0.25, 0.3) is 0 Å². The largest absolute Gasteiger partial charge is 0.396 e. The van der Waals surface area contributed by atoms with E-state index in [1.807, 2.05) is 30.5 Å². The van der Waals surface area contributed by atoms with Crippen LogP contribution in [-0.4, -0.2) is 15.0 Å². The summed E-state index contributed by atoms with van der Waals surface area (Å²) >= 11 is 0. The summed E-state index contributed by atoms with van der Waals surface area (Å²) in [5, 5.41) is 5.30. The highest BCUT2D eigenvalue weighted by Gasteiger charge is 2.02. The molecule has 18 heavy (non-hydrogen) atoms. The second-order valence-electron chi connectivity index (χ2n) is 3.87. The normalized spacial score (nSPS) is 10.4. The van der Waals surface area contributed by atoms with Crippen molar-refractivity contribution in [2.24, 2.45) is 0 Å². The molecular weight excluding hydrogens is 226 g/mol. The Kier molecular flexibility index (Phi) is 2.49. The molecule has 3 N–H and O–H groups in total. The maximum Gasteiger partial charge on any atom is 0.227 e. The number of nitrogens with two attached hydrogens (primary N) is 1. The van der Waals surface area contributed by atoms with Gasteiger partial charge in [-0.1, -0.05) is 12.1 Å². The Balaban J connectivity index is 2.02. The van der Waals surface area contributed by atoms with Crippen molar-refractivity contribution in [2.45, 2.75) is 0 Å². The number of nitrogens with one attached hydrogen (secondary N) is 1. The number of aromatic nitrogens is 3. The van der Waals surface area contributed by atoms with Gasteiger partial charge in [-0.15, -0.1) is 0 Å². The van der Waals surface area contributed by atoms with Gasteiger partial charge in [-0.3, -0.25) is 4.98 Å². The molecule has 2 aromatic heterocycles. The number of nitrogens with zero attached hydrogens (tertiary/aromatic N) is 3. The lowest BCUT2D eigenvalue weighted by atomic mass is 10.1. The molecule has 0 saturated heterocycles. The number of hydrogen-bond donors (Lipinski definition) is 2. The van der Waals surface area contributed by atoms with E-state index in [9.17, 15) is 0 Å². The molecule has 1 aromatic carbocycles. The SMILES string of the molecule is Nc1cnc(Nc2cccc3ccncc23)nc1. The van der Waals surface area contributed by atoms with E-state index in [1.165, 1.54) is 0 Å². The molecule has 0 atom stereocenters. The van der Waals surface area contributed by atoms with Crippen molar-refractivity contribution in [2.75, 3.05) is 11.1 Å². The minimum atomic E-state index is 0.514. The van der Waals surface area contributed by atoms with E-state index in [1.54, 1.807) is 18.6 Å². The van der Waals surface area contributed by atoms with Crippen LogP contribution in [0.1, 0.15) is 0 Å². The van der Waals surface area contributed by atoms with Gasteiger partial charge in [-0.05, 0) is 17.5 Å². The molecule has 0 aliphatic carbocycles. The van der Waals surface area contributed by atoms with Gasteiger partial charge in [0.15, 0.2) is 0 Å². The molecule has 0 amide bonds. The number of nitrogen functional groups attached to an aromatic ring is 1. The minimum Gasteiger partial charge on any atom is -0.396 e. The zero-order valence-electron chi connectivity index (χ0n) is 9.54. The maximum absolute atomic E-state index is 5.55. The van der Waals surface area contributed by atoms with Crippen LogP contribution < -0.4 is 11.1 Å². The number of fused-ring (bicyclic) bond motifs is 1. The van der Waals surface area contributed by atoms with Crippen molar-refractivity contribution < 1.29 is 0 Å². The first-order valence-corrected chi connectivity index (χ1v) is 5.50. The average Bonchev–Trinajstić information content (AvgIpc) is 2.42. The van der Waals surface area contributed by atoms with E-state index >= 15 is 0 Å². The fourth-order valence-electron chi connectivity index (χ4n) is 1.75. The van der Waals surface area contributed by atoms with Crippen molar-refractivity contribution in [3.63, 3.8) is 0 Å². The first-order valence-electron chi connectivity index (χ1n) is 5.50. The fourth-order valence-corrected chi connectivity index (χ4v) is 1.75. The summed E-state index contributed by atoms with van der Waals surface area (Å²) in [6, 6.07) is 7.93. The van der Waals surface area contributed by atoms with E-state index < -0.39 is 0 Å². The Labute approximate surface area is 104 Å². The predicted octanol–water partition coefficient (Wildman–Crippen LogP) is 2.35. The van der Waals surface area contributed by atoms with Crippen molar-refractivity contribution in [1.29, 1.82) is 0 Å². The zero-order chi connectivity index (χ0) is 12.4. The molecule has 0 aliphatic rings. The zero-order valence-corrected chi connectivity index (χ0v) is 9.54. The van der Waals surface area contributed by atoms with E-state index in [2.05, 4.69) is 20.3 Å². The highest BCUT2D eigenvalue weighted by atomic mass is 15.1. The number of hydrogen-bond acceptors (Lipinski definition) is 5. The highest BCUT2D eigenvalue weighted by molar-refractivity contribution is 5.94. The van der Waals surface area contributed by atoms with Crippen LogP contribution in [0.25, 0.3) is 10.8 Å². The minimum absolute atomic E-state index is 0.514. The van der Waals surface area contributed by atoms with Crippen LogP contribution >= 0.6 is 0 Å². The van der Waals surface area contributed by atoms with Gasteiger partial charge >= 0.3 is 0 Å². The predicted molar refractivity (Wildman–Crippen MR) is 71.5 cm³/mol. The second kappa shape index (κ2) is 4.29. The third-order valence-electron chi connectivity index (χ3n) is 2.60. The van der Waals surface area contributed by atoms with Gasteiger partial charge in [0.2, 0.25) is 5.95 Å². The third kappa shape index (κ3) is 1.93. The molecule has 0 spiro atoms. The highest BCUT2D eigenvalue weighted by Crippen LogP contribution is 2.24. The molecule has 2 heterocycles. The molecule has 88 valence electrons. The van der Waals surface area contributed by atoms with E-state index in [-0.39, 0.29) is 0 Å². The number of benzene rings is 1.